The number of rotatable bonds is 7. The minimum atomic E-state index is -4.64. The fourth-order valence-electron chi connectivity index (χ4n) is 3.20. The van der Waals surface area contributed by atoms with Gasteiger partial charge in [-0.15, -0.1) is 0 Å². The van der Waals surface area contributed by atoms with Crippen LogP contribution in [0, 0.1) is 0 Å². The molecule has 0 saturated carbocycles. The van der Waals surface area contributed by atoms with Gasteiger partial charge in [0.05, 0.1) is 10.6 Å². The quantitative estimate of drug-likeness (QED) is 0.246. The first-order valence-corrected chi connectivity index (χ1v) is 13.6. The molecule has 1 amide bonds. The summed E-state index contributed by atoms with van der Waals surface area (Å²) in [4.78, 5) is 20.0. The predicted octanol–water partition coefficient (Wildman–Crippen LogP) is 5.50. The lowest BCUT2D eigenvalue weighted by atomic mass is 10.1. The highest BCUT2D eigenvalue weighted by molar-refractivity contribution is 7.90. The third kappa shape index (κ3) is 9.45. The average molecular weight is 580 g/mol. The van der Waals surface area contributed by atoms with Crippen LogP contribution in [0.15, 0.2) is 70.7 Å². The number of benzene rings is 2. The Hall–Kier alpha value is -4.33. The van der Waals surface area contributed by atoms with E-state index in [1.54, 1.807) is 63.4 Å². The third-order valence-corrected chi connectivity index (χ3v) is 5.99. The number of guanidine groups is 1. The number of pyridine rings is 1. The summed E-state index contributed by atoms with van der Waals surface area (Å²) in [5, 5.41) is 5.26. The normalized spacial score (nSPS) is 12.5. The Morgan fingerprint density at radius 3 is 2.20 bits per heavy atom. The van der Waals surface area contributed by atoms with Gasteiger partial charge in [-0.2, -0.15) is 18.2 Å². The molecule has 14 heteroatoms. The van der Waals surface area contributed by atoms with Gasteiger partial charge in [-0.05, 0) is 62.7 Å². The minimum absolute atomic E-state index is 0.0189. The van der Waals surface area contributed by atoms with Crippen LogP contribution in [0.3, 0.4) is 0 Å². The molecule has 3 aromatic rings. The number of sulfone groups is 1. The molecule has 0 aliphatic carbocycles. The van der Waals surface area contributed by atoms with Gasteiger partial charge in [-0.1, -0.05) is 12.1 Å². The lowest BCUT2D eigenvalue weighted by Crippen LogP contribution is -2.27. The van der Waals surface area contributed by atoms with E-state index < -0.39 is 34.3 Å². The molecule has 40 heavy (non-hydrogen) atoms. The number of ether oxygens (including phenoxy) is 2. The molecule has 0 radical (unpaired) electrons. The molecule has 0 unspecified atom stereocenters. The monoisotopic (exact) mass is 579 g/mol. The Bertz CT molecular complexity index is 1490. The van der Waals surface area contributed by atoms with Crippen molar-refractivity contribution < 1.29 is 35.9 Å². The fourth-order valence-corrected chi connectivity index (χ4v) is 3.83. The van der Waals surface area contributed by atoms with Gasteiger partial charge in [0.25, 0.3) is 0 Å². The Morgan fingerprint density at radius 1 is 1.00 bits per heavy atom. The molecule has 0 aliphatic rings. The fraction of sp³-hybridized carbons (Fsp3) is 0.269. The summed E-state index contributed by atoms with van der Waals surface area (Å²) in [6.07, 6.45) is -2.75. The molecule has 214 valence electrons. The van der Waals surface area contributed by atoms with Gasteiger partial charge in [0.2, 0.25) is 0 Å². The maximum Gasteiger partial charge on any atom is 0.422 e. The predicted molar refractivity (Wildman–Crippen MR) is 146 cm³/mol. The van der Waals surface area contributed by atoms with Gasteiger partial charge in [0.15, 0.2) is 28.2 Å². The number of nitrogens with zero attached hydrogens (tertiary/aromatic N) is 2. The van der Waals surface area contributed by atoms with Crippen molar-refractivity contribution in [1.82, 2.24) is 4.98 Å². The number of nitrogens with one attached hydrogen (secondary N) is 2. The number of hydrogen-bond donors (Lipinski definition) is 3. The number of aliphatic imine (C=N–C) groups is 1. The zero-order valence-corrected chi connectivity index (χ0v) is 22.9. The lowest BCUT2D eigenvalue weighted by molar-refractivity contribution is -0.153. The van der Waals surface area contributed by atoms with Crippen LogP contribution in [-0.4, -0.2) is 50.1 Å². The SMILES string of the molecule is CC(C)(C)OC(=O)Nc1ccc(-c2ccc(N=C(N)Nc3ccc(S(C)(=O)=O)cc3OCC(F)(F)F)nc2)cc1. The molecule has 0 spiro atoms. The summed E-state index contributed by atoms with van der Waals surface area (Å²) in [5.41, 5.74) is 7.38. The highest BCUT2D eigenvalue weighted by atomic mass is 32.2. The summed E-state index contributed by atoms with van der Waals surface area (Å²) < 4.78 is 71.7. The molecule has 0 atom stereocenters. The van der Waals surface area contributed by atoms with Crippen LogP contribution in [0.4, 0.5) is 35.2 Å². The lowest BCUT2D eigenvalue weighted by Gasteiger charge is -2.19. The molecule has 3 rings (SSSR count). The highest BCUT2D eigenvalue weighted by Crippen LogP contribution is 2.30. The number of carbonyl (C=O) groups excluding carboxylic acids is 1. The van der Waals surface area contributed by atoms with Crippen molar-refractivity contribution in [1.29, 1.82) is 0 Å². The van der Waals surface area contributed by atoms with E-state index in [2.05, 4.69) is 20.6 Å². The van der Waals surface area contributed by atoms with E-state index in [0.29, 0.717) is 5.69 Å². The summed E-state index contributed by atoms with van der Waals surface area (Å²) in [5.74, 6) is -0.393. The summed E-state index contributed by atoms with van der Waals surface area (Å²) in [6.45, 7) is 3.67. The van der Waals surface area contributed by atoms with Crippen molar-refractivity contribution in [3.8, 4) is 16.9 Å². The van der Waals surface area contributed by atoms with Crippen molar-refractivity contribution in [3.63, 3.8) is 0 Å². The third-order valence-electron chi connectivity index (χ3n) is 4.88. The van der Waals surface area contributed by atoms with Crippen molar-refractivity contribution in [3.05, 3.63) is 60.8 Å². The first kappa shape index (κ1) is 30.2. The number of hydrogen-bond acceptors (Lipinski definition) is 7. The van der Waals surface area contributed by atoms with Crippen LogP contribution in [0.1, 0.15) is 20.8 Å². The van der Waals surface area contributed by atoms with Gasteiger partial charge >= 0.3 is 12.3 Å². The number of amides is 1. The van der Waals surface area contributed by atoms with Crippen molar-refractivity contribution >= 4 is 39.1 Å². The van der Waals surface area contributed by atoms with E-state index in [1.165, 1.54) is 12.1 Å². The molecule has 4 N–H and O–H groups in total. The molecule has 1 heterocycles. The Labute approximate surface area is 229 Å². The zero-order valence-electron chi connectivity index (χ0n) is 22.0. The maximum atomic E-state index is 12.7. The van der Waals surface area contributed by atoms with Crippen LogP contribution in [-0.2, 0) is 14.6 Å². The number of alkyl halides is 3. The molecule has 0 saturated heterocycles. The van der Waals surface area contributed by atoms with Crippen LogP contribution in [0.2, 0.25) is 0 Å². The Balaban J connectivity index is 1.72. The van der Waals surface area contributed by atoms with Crippen molar-refractivity contribution in [2.75, 3.05) is 23.5 Å². The first-order valence-electron chi connectivity index (χ1n) is 11.7. The second-order valence-corrected chi connectivity index (χ2v) is 11.6. The molecule has 1 aromatic heterocycles. The Morgan fingerprint density at radius 2 is 1.65 bits per heavy atom. The molecule has 2 aromatic carbocycles. The van der Waals surface area contributed by atoms with Crippen LogP contribution >= 0.6 is 0 Å². The van der Waals surface area contributed by atoms with E-state index in [9.17, 15) is 26.4 Å². The second kappa shape index (κ2) is 11.8. The van der Waals surface area contributed by atoms with Crippen molar-refractivity contribution in [2.24, 2.45) is 10.7 Å². The van der Waals surface area contributed by atoms with E-state index in [4.69, 9.17) is 15.2 Å². The smallest absolute Gasteiger partial charge is 0.422 e. The largest absolute Gasteiger partial charge is 0.482 e. The van der Waals surface area contributed by atoms with Gasteiger partial charge in [-0.25, -0.2) is 18.2 Å². The van der Waals surface area contributed by atoms with Gasteiger partial charge < -0.3 is 20.5 Å². The summed E-state index contributed by atoms with van der Waals surface area (Å²) in [7, 11) is -3.70. The minimum Gasteiger partial charge on any atom is -0.482 e. The molecule has 0 bridgehead atoms. The number of aromatic nitrogens is 1. The van der Waals surface area contributed by atoms with Crippen molar-refractivity contribution in [2.45, 2.75) is 37.4 Å². The standard InChI is InChI=1S/C26H28F3N5O5S/c1-25(2,3)39-24(35)32-18-8-5-16(6-9-18)17-7-12-22(31-14-17)34-23(30)33-20-11-10-19(40(4,36)37)13-21(20)38-15-26(27,28)29/h5-14H,15H2,1-4H3,(H,32,35)(H3,30,31,33,34). The number of carbonyl (C=O) groups is 1. The first-order chi connectivity index (χ1) is 18.5. The number of nitrogens with two attached hydrogens (primary N) is 1. The summed E-state index contributed by atoms with van der Waals surface area (Å²) >= 11 is 0. The molecule has 0 fully saturated rings. The van der Waals surface area contributed by atoms with E-state index in [-0.39, 0.29) is 28.1 Å². The zero-order chi connectivity index (χ0) is 29.7. The van der Waals surface area contributed by atoms with E-state index in [0.717, 1.165) is 23.4 Å². The van der Waals surface area contributed by atoms with Crippen LogP contribution in [0.25, 0.3) is 11.1 Å². The van der Waals surface area contributed by atoms with Gasteiger partial charge in [0, 0.05) is 29.8 Å². The summed E-state index contributed by atoms with van der Waals surface area (Å²) in [6, 6.07) is 13.7. The highest BCUT2D eigenvalue weighted by Gasteiger charge is 2.29. The van der Waals surface area contributed by atoms with Crippen LogP contribution < -0.4 is 21.1 Å². The molecule has 0 aliphatic heterocycles. The van der Waals surface area contributed by atoms with Gasteiger partial charge in [0.1, 0.15) is 11.4 Å². The van der Waals surface area contributed by atoms with Gasteiger partial charge in [-0.3, -0.25) is 5.32 Å². The second-order valence-electron chi connectivity index (χ2n) is 9.57. The molecular weight excluding hydrogens is 551 g/mol. The molecular formula is C26H28F3N5O5S. The van der Waals surface area contributed by atoms with E-state index >= 15 is 0 Å². The van der Waals surface area contributed by atoms with Crippen LogP contribution in [0.5, 0.6) is 5.75 Å². The molecule has 10 nitrogen and oxygen atoms in total. The Kier molecular flexibility index (Phi) is 8.93. The average Bonchev–Trinajstić information content (AvgIpc) is 2.82. The topological polar surface area (TPSA) is 145 Å². The number of halogens is 3. The van der Waals surface area contributed by atoms with E-state index in [1.807, 2.05) is 0 Å². The maximum absolute atomic E-state index is 12.7. The number of anilines is 2.